The van der Waals surface area contributed by atoms with Gasteiger partial charge in [0.15, 0.2) is 0 Å². The van der Waals surface area contributed by atoms with Crippen LogP contribution in [0.4, 0.5) is 0 Å². The topological polar surface area (TPSA) is 36.4 Å². The lowest BCUT2D eigenvalue weighted by Gasteiger charge is -2.43. The van der Waals surface area contributed by atoms with Gasteiger partial charge in [-0.25, -0.2) is 4.98 Å². The number of piperazine rings is 1. The van der Waals surface area contributed by atoms with E-state index in [1.165, 1.54) is 31.4 Å². The van der Waals surface area contributed by atoms with Gasteiger partial charge in [-0.05, 0) is 38.3 Å². The molecule has 26 heavy (non-hydrogen) atoms. The highest BCUT2D eigenvalue weighted by Crippen LogP contribution is 2.30. The molecule has 0 saturated carbocycles. The molecule has 2 aliphatic rings. The number of hydrogen-bond acceptors (Lipinski definition) is 4. The van der Waals surface area contributed by atoms with Gasteiger partial charge in [-0.15, -0.1) is 11.3 Å². The molecule has 0 N–H and O–H groups in total. The number of fused-ring (bicyclic) bond motifs is 1. The minimum absolute atomic E-state index is 0.168. The van der Waals surface area contributed by atoms with Crippen LogP contribution in [0, 0.1) is 6.92 Å². The zero-order chi connectivity index (χ0) is 18.1. The molecule has 4 rings (SSSR count). The highest BCUT2D eigenvalue weighted by Gasteiger charge is 2.32. The second-order valence-electron chi connectivity index (χ2n) is 7.42. The SMILES string of the molecule is CCc1ccc(-c2nc(C)c(C(=O)N3CCN4CCCCC4C3)s2)cc1. The molecule has 0 aliphatic carbocycles. The van der Waals surface area contributed by atoms with E-state index in [1.54, 1.807) is 11.3 Å². The zero-order valence-corrected chi connectivity index (χ0v) is 16.5. The number of thiazole rings is 1. The summed E-state index contributed by atoms with van der Waals surface area (Å²) in [6, 6.07) is 9.08. The first-order valence-electron chi connectivity index (χ1n) is 9.75. The molecular formula is C21H27N3OS. The van der Waals surface area contributed by atoms with E-state index in [4.69, 9.17) is 4.98 Å². The van der Waals surface area contributed by atoms with Crippen LogP contribution in [0.1, 0.15) is 47.1 Å². The quantitative estimate of drug-likeness (QED) is 0.821. The molecule has 0 radical (unpaired) electrons. The number of amides is 1. The maximum atomic E-state index is 13.1. The molecule has 4 nitrogen and oxygen atoms in total. The van der Waals surface area contributed by atoms with E-state index < -0.39 is 0 Å². The van der Waals surface area contributed by atoms with E-state index >= 15 is 0 Å². The highest BCUT2D eigenvalue weighted by molar-refractivity contribution is 7.17. The Hall–Kier alpha value is -1.72. The first kappa shape index (κ1) is 17.7. The summed E-state index contributed by atoms with van der Waals surface area (Å²) in [5, 5.41) is 0.949. The van der Waals surface area contributed by atoms with Gasteiger partial charge in [-0.3, -0.25) is 9.69 Å². The summed E-state index contributed by atoms with van der Waals surface area (Å²) in [5.41, 5.74) is 3.29. The van der Waals surface area contributed by atoms with Gasteiger partial charge in [0.05, 0.1) is 5.69 Å². The minimum atomic E-state index is 0.168. The van der Waals surface area contributed by atoms with Crippen molar-refractivity contribution in [3.8, 4) is 10.6 Å². The maximum absolute atomic E-state index is 13.1. The monoisotopic (exact) mass is 369 g/mol. The number of carbonyl (C=O) groups excluding carboxylic acids is 1. The van der Waals surface area contributed by atoms with Gasteiger partial charge in [0.25, 0.3) is 5.91 Å². The summed E-state index contributed by atoms with van der Waals surface area (Å²) in [6.45, 7) is 8.05. The van der Waals surface area contributed by atoms with E-state index in [1.807, 2.05) is 6.92 Å². The van der Waals surface area contributed by atoms with Crippen molar-refractivity contribution in [2.45, 2.75) is 45.6 Å². The summed E-state index contributed by atoms with van der Waals surface area (Å²) < 4.78 is 0. The van der Waals surface area contributed by atoms with Crippen LogP contribution in [-0.4, -0.2) is 52.9 Å². The predicted octanol–water partition coefficient (Wildman–Crippen LogP) is 3.99. The van der Waals surface area contributed by atoms with Crippen LogP contribution < -0.4 is 0 Å². The Balaban J connectivity index is 1.52. The molecule has 138 valence electrons. The van der Waals surface area contributed by atoms with Crippen LogP contribution in [0.5, 0.6) is 0 Å². The Morgan fingerprint density at radius 3 is 2.77 bits per heavy atom. The van der Waals surface area contributed by atoms with Crippen molar-refractivity contribution in [2.24, 2.45) is 0 Å². The molecule has 5 heteroatoms. The van der Waals surface area contributed by atoms with E-state index in [2.05, 4.69) is 41.0 Å². The number of benzene rings is 1. The molecule has 0 spiro atoms. The first-order chi connectivity index (χ1) is 12.7. The van der Waals surface area contributed by atoms with E-state index in [-0.39, 0.29) is 5.91 Å². The Morgan fingerprint density at radius 1 is 1.19 bits per heavy atom. The van der Waals surface area contributed by atoms with Gasteiger partial charge < -0.3 is 4.90 Å². The smallest absolute Gasteiger partial charge is 0.265 e. The number of rotatable bonds is 3. The van der Waals surface area contributed by atoms with Gasteiger partial charge in [-0.2, -0.15) is 0 Å². The number of carbonyl (C=O) groups is 1. The highest BCUT2D eigenvalue weighted by atomic mass is 32.1. The van der Waals surface area contributed by atoms with E-state index in [9.17, 15) is 4.79 Å². The third-order valence-electron chi connectivity index (χ3n) is 5.72. The lowest BCUT2D eigenvalue weighted by molar-refractivity contribution is 0.0375. The van der Waals surface area contributed by atoms with Crippen LogP contribution in [-0.2, 0) is 6.42 Å². The van der Waals surface area contributed by atoms with E-state index in [0.29, 0.717) is 6.04 Å². The molecule has 1 atom stereocenters. The third-order valence-corrected chi connectivity index (χ3v) is 6.92. The van der Waals surface area contributed by atoms with Gasteiger partial charge in [0.1, 0.15) is 9.88 Å². The van der Waals surface area contributed by atoms with Gasteiger partial charge in [-0.1, -0.05) is 37.6 Å². The van der Waals surface area contributed by atoms with Crippen molar-refractivity contribution >= 4 is 17.2 Å². The summed E-state index contributed by atoms with van der Waals surface area (Å²) >= 11 is 1.54. The molecule has 1 aromatic heterocycles. The van der Waals surface area contributed by atoms with Crippen molar-refractivity contribution in [1.82, 2.24) is 14.8 Å². The van der Waals surface area contributed by atoms with Crippen LogP contribution in [0.25, 0.3) is 10.6 Å². The number of aromatic nitrogens is 1. The second-order valence-corrected chi connectivity index (χ2v) is 8.42. The van der Waals surface area contributed by atoms with Crippen LogP contribution in [0.3, 0.4) is 0 Å². The molecule has 2 aliphatic heterocycles. The first-order valence-corrected chi connectivity index (χ1v) is 10.6. The van der Waals surface area contributed by atoms with Crippen molar-refractivity contribution in [2.75, 3.05) is 26.2 Å². The second kappa shape index (κ2) is 7.49. The molecular weight excluding hydrogens is 342 g/mol. The summed E-state index contributed by atoms with van der Waals surface area (Å²) in [7, 11) is 0. The molecule has 2 fully saturated rings. The fraction of sp³-hybridized carbons (Fsp3) is 0.524. The zero-order valence-electron chi connectivity index (χ0n) is 15.7. The summed E-state index contributed by atoms with van der Waals surface area (Å²) in [5.74, 6) is 0.168. The average Bonchev–Trinajstić information content (AvgIpc) is 3.08. The normalized spacial score (nSPS) is 20.8. The van der Waals surface area contributed by atoms with E-state index in [0.717, 1.165) is 47.2 Å². The predicted molar refractivity (Wildman–Crippen MR) is 107 cm³/mol. The molecule has 3 heterocycles. The summed E-state index contributed by atoms with van der Waals surface area (Å²) in [6.07, 6.45) is 4.85. The van der Waals surface area contributed by atoms with Crippen LogP contribution >= 0.6 is 11.3 Å². The van der Waals surface area contributed by atoms with Crippen molar-refractivity contribution in [1.29, 1.82) is 0 Å². The van der Waals surface area contributed by atoms with Crippen molar-refractivity contribution in [3.05, 3.63) is 40.4 Å². The number of nitrogens with zero attached hydrogens (tertiary/aromatic N) is 3. The molecule has 1 unspecified atom stereocenters. The average molecular weight is 370 g/mol. The number of hydrogen-bond donors (Lipinski definition) is 0. The number of aryl methyl sites for hydroxylation is 2. The molecule has 2 aromatic rings. The Morgan fingerprint density at radius 2 is 2.00 bits per heavy atom. The molecule has 1 aromatic carbocycles. The number of piperidine rings is 1. The van der Waals surface area contributed by atoms with Crippen molar-refractivity contribution < 1.29 is 4.79 Å². The lowest BCUT2D eigenvalue weighted by atomic mass is 9.99. The molecule has 0 bridgehead atoms. The van der Waals surface area contributed by atoms with Gasteiger partial charge in [0, 0.05) is 31.2 Å². The fourth-order valence-corrected chi connectivity index (χ4v) is 5.13. The van der Waals surface area contributed by atoms with Gasteiger partial charge >= 0.3 is 0 Å². The minimum Gasteiger partial charge on any atom is -0.335 e. The fourth-order valence-electron chi connectivity index (χ4n) is 4.09. The third kappa shape index (κ3) is 3.42. The Labute approximate surface area is 159 Å². The van der Waals surface area contributed by atoms with Crippen molar-refractivity contribution in [3.63, 3.8) is 0 Å². The Bertz CT molecular complexity index is 783. The standard InChI is InChI=1S/C21H27N3OS/c1-3-16-7-9-17(10-8-16)20-22-15(2)19(26-20)21(25)24-13-12-23-11-5-4-6-18(23)14-24/h7-10,18H,3-6,11-14H2,1-2H3. The molecule has 2 saturated heterocycles. The maximum Gasteiger partial charge on any atom is 0.265 e. The van der Waals surface area contributed by atoms with Crippen LogP contribution in [0.2, 0.25) is 0 Å². The Kier molecular flexibility index (Phi) is 5.09. The van der Waals surface area contributed by atoms with Crippen LogP contribution in [0.15, 0.2) is 24.3 Å². The molecule has 1 amide bonds. The van der Waals surface area contributed by atoms with Gasteiger partial charge in [0.2, 0.25) is 0 Å². The largest absolute Gasteiger partial charge is 0.335 e. The lowest BCUT2D eigenvalue weighted by Crippen LogP contribution is -2.56. The summed E-state index contributed by atoms with van der Waals surface area (Å²) in [4.78, 5) is 23.2.